The Balaban J connectivity index is 1.62. The van der Waals surface area contributed by atoms with Crippen molar-refractivity contribution in [1.29, 1.82) is 0 Å². The molecule has 28 heavy (non-hydrogen) atoms. The van der Waals surface area contributed by atoms with Crippen LogP contribution >= 0.6 is 11.3 Å². The number of nitrogens with zero attached hydrogens (tertiary/aromatic N) is 3. The highest BCUT2D eigenvalue weighted by Gasteiger charge is 2.21. The van der Waals surface area contributed by atoms with Gasteiger partial charge in [-0.15, -0.1) is 0 Å². The molecule has 5 nitrogen and oxygen atoms in total. The van der Waals surface area contributed by atoms with E-state index in [0.29, 0.717) is 17.4 Å². The largest absolute Gasteiger partial charge is 0.484 e. The Bertz CT molecular complexity index is 1080. The van der Waals surface area contributed by atoms with E-state index in [0.717, 1.165) is 21.3 Å². The third kappa shape index (κ3) is 4.02. The fourth-order valence-electron chi connectivity index (χ4n) is 2.87. The number of hydrogen-bond acceptors (Lipinski definition) is 5. The van der Waals surface area contributed by atoms with Gasteiger partial charge in [-0.2, -0.15) is 0 Å². The minimum absolute atomic E-state index is 0.0564. The van der Waals surface area contributed by atoms with Gasteiger partial charge in [-0.05, 0) is 42.3 Å². The minimum atomic E-state index is -0.149. The van der Waals surface area contributed by atoms with Crippen LogP contribution in [0.3, 0.4) is 0 Å². The van der Waals surface area contributed by atoms with E-state index < -0.39 is 0 Å². The van der Waals surface area contributed by atoms with Gasteiger partial charge in [0.1, 0.15) is 5.75 Å². The number of rotatable bonds is 6. The van der Waals surface area contributed by atoms with Crippen molar-refractivity contribution < 1.29 is 9.53 Å². The van der Waals surface area contributed by atoms with Crippen LogP contribution in [0.15, 0.2) is 73.1 Å². The van der Waals surface area contributed by atoms with Crippen LogP contribution in [0.25, 0.3) is 10.2 Å². The monoisotopic (exact) mass is 389 g/mol. The molecule has 1 amide bonds. The van der Waals surface area contributed by atoms with Gasteiger partial charge in [0.2, 0.25) is 0 Å². The highest BCUT2D eigenvalue weighted by Crippen LogP contribution is 2.31. The molecule has 6 heteroatoms. The summed E-state index contributed by atoms with van der Waals surface area (Å²) in [6.45, 7) is 2.36. The van der Waals surface area contributed by atoms with E-state index in [4.69, 9.17) is 9.72 Å². The first-order valence-electron chi connectivity index (χ1n) is 8.94. The lowest BCUT2D eigenvalue weighted by Crippen LogP contribution is -2.34. The Hall–Kier alpha value is -3.25. The van der Waals surface area contributed by atoms with Gasteiger partial charge in [-0.25, -0.2) is 4.98 Å². The molecular weight excluding hydrogens is 370 g/mol. The predicted molar refractivity (Wildman–Crippen MR) is 112 cm³/mol. The van der Waals surface area contributed by atoms with Gasteiger partial charge >= 0.3 is 0 Å². The second kappa shape index (κ2) is 8.19. The van der Waals surface area contributed by atoms with Crippen molar-refractivity contribution in [1.82, 2.24) is 9.97 Å². The summed E-state index contributed by atoms with van der Waals surface area (Å²) in [5.74, 6) is 0.515. The molecule has 2 heterocycles. The molecule has 0 fully saturated rings. The number of benzene rings is 2. The molecule has 0 saturated heterocycles. The van der Waals surface area contributed by atoms with Gasteiger partial charge in [0.25, 0.3) is 5.91 Å². The third-order valence-corrected chi connectivity index (χ3v) is 5.35. The topological polar surface area (TPSA) is 55.3 Å². The molecule has 0 aliphatic heterocycles. The lowest BCUT2D eigenvalue weighted by atomic mass is 10.2. The molecule has 0 aliphatic carbocycles. The number of fused-ring (bicyclic) bond motifs is 1. The Morgan fingerprint density at radius 2 is 1.93 bits per heavy atom. The van der Waals surface area contributed by atoms with Gasteiger partial charge in [0.05, 0.1) is 16.8 Å². The van der Waals surface area contributed by atoms with E-state index >= 15 is 0 Å². The molecule has 4 rings (SSSR count). The number of aryl methyl sites for hydroxylation is 1. The van der Waals surface area contributed by atoms with E-state index in [1.165, 1.54) is 11.3 Å². The van der Waals surface area contributed by atoms with Crippen molar-refractivity contribution in [2.75, 3.05) is 11.5 Å². The minimum Gasteiger partial charge on any atom is -0.484 e. The number of thiazole rings is 1. The second-order valence-corrected chi connectivity index (χ2v) is 7.37. The number of pyridine rings is 1. The van der Waals surface area contributed by atoms with Crippen LogP contribution in [0.5, 0.6) is 5.75 Å². The van der Waals surface area contributed by atoms with E-state index in [1.54, 1.807) is 17.3 Å². The Kier molecular flexibility index (Phi) is 5.30. The SMILES string of the molecule is Cc1cccc2sc(N(Cc3cccnc3)C(=O)COc3ccccc3)nc12. The standard InChI is InChI=1S/C22H19N3O2S/c1-16-7-5-11-19-21(16)24-22(28-19)25(14-17-8-6-12-23-13-17)20(26)15-27-18-9-3-2-4-10-18/h2-13H,14-15H2,1H3. The average Bonchev–Trinajstić information content (AvgIpc) is 3.17. The first kappa shape index (κ1) is 18.1. The van der Waals surface area contributed by atoms with Crippen molar-refractivity contribution in [3.8, 4) is 5.75 Å². The molecule has 0 unspecified atom stereocenters. The summed E-state index contributed by atoms with van der Waals surface area (Å²) in [5.41, 5.74) is 2.95. The number of para-hydroxylation sites is 2. The summed E-state index contributed by atoms with van der Waals surface area (Å²) < 4.78 is 6.73. The summed E-state index contributed by atoms with van der Waals surface area (Å²) in [6, 6.07) is 19.2. The highest BCUT2D eigenvalue weighted by molar-refractivity contribution is 7.22. The molecular formula is C22H19N3O2S. The zero-order valence-corrected chi connectivity index (χ0v) is 16.2. The van der Waals surface area contributed by atoms with Gasteiger partial charge in [-0.3, -0.25) is 14.7 Å². The maximum Gasteiger partial charge on any atom is 0.267 e. The van der Waals surface area contributed by atoms with Gasteiger partial charge in [0.15, 0.2) is 11.7 Å². The van der Waals surface area contributed by atoms with E-state index in [2.05, 4.69) is 4.98 Å². The number of anilines is 1. The number of carbonyl (C=O) groups is 1. The first-order chi connectivity index (χ1) is 13.7. The lowest BCUT2D eigenvalue weighted by molar-refractivity contribution is -0.120. The fourth-order valence-corrected chi connectivity index (χ4v) is 3.93. The Labute approximate surface area is 167 Å². The molecule has 0 N–H and O–H groups in total. The summed E-state index contributed by atoms with van der Waals surface area (Å²) in [6.07, 6.45) is 3.48. The van der Waals surface area contributed by atoms with E-state index in [9.17, 15) is 4.79 Å². The van der Waals surface area contributed by atoms with Crippen LogP contribution < -0.4 is 9.64 Å². The smallest absolute Gasteiger partial charge is 0.267 e. The van der Waals surface area contributed by atoms with Gasteiger partial charge < -0.3 is 4.74 Å². The van der Waals surface area contributed by atoms with Crippen LogP contribution in [0.2, 0.25) is 0 Å². The molecule has 4 aromatic rings. The summed E-state index contributed by atoms with van der Waals surface area (Å²) in [5, 5.41) is 0.662. The third-order valence-electron chi connectivity index (χ3n) is 4.31. The molecule has 140 valence electrons. The zero-order valence-electron chi connectivity index (χ0n) is 15.4. The van der Waals surface area contributed by atoms with Crippen molar-refractivity contribution in [2.24, 2.45) is 0 Å². The van der Waals surface area contributed by atoms with Crippen molar-refractivity contribution in [3.05, 3.63) is 84.2 Å². The quantitative estimate of drug-likeness (QED) is 0.483. The van der Waals surface area contributed by atoms with Crippen LogP contribution in [-0.4, -0.2) is 22.5 Å². The van der Waals surface area contributed by atoms with Crippen LogP contribution in [0, 0.1) is 6.92 Å². The Morgan fingerprint density at radius 1 is 1.07 bits per heavy atom. The second-order valence-electron chi connectivity index (χ2n) is 6.36. The van der Waals surface area contributed by atoms with Crippen molar-refractivity contribution >= 4 is 32.6 Å². The number of hydrogen-bond donors (Lipinski definition) is 0. The maximum absolute atomic E-state index is 13.0. The van der Waals surface area contributed by atoms with E-state index in [1.807, 2.05) is 67.6 Å². The summed E-state index contributed by atoms with van der Waals surface area (Å²) >= 11 is 1.51. The van der Waals surface area contributed by atoms with Crippen molar-refractivity contribution in [3.63, 3.8) is 0 Å². The van der Waals surface area contributed by atoms with E-state index in [-0.39, 0.29) is 12.5 Å². The molecule has 0 aliphatic rings. The van der Waals surface area contributed by atoms with Gasteiger partial charge in [-0.1, -0.05) is 47.7 Å². The average molecular weight is 389 g/mol. The van der Waals surface area contributed by atoms with Crippen LogP contribution in [0.4, 0.5) is 5.13 Å². The maximum atomic E-state index is 13.0. The fraction of sp³-hybridized carbons (Fsp3) is 0.136. The molecule has 2 aromatic heterocycles. The molecule has 0 radical (unpaired) electrons. The number of carbonyl (C=O) groups excluding carboxylic acids is 1. The highest BCUT2D eigenvalue weighted by atomic mass is 32.1. The van der Waals surface area contributed by atoms with Crippen LogP contribution in [0.1, 0.15) is 11.1 Å². The number of amides is 1. The number of ether oxygens (including phenoxy) is 1. The van der Waals surface area contributed by atoms with Gasteiger partial charge in [0, 0.05) is 12.4 Å². The lowest BCUT2D eigenvalue weighted by Gasteiger charge is -2.20. The number of aromatic nitrogens is 2. The summed E-state index contributed by atoms with van der Waals surface area (Å²) in [7, 11) is 0. The zero-order chi connectivity index (χ0) is 19.3. The summed E-state index contributed by atoms with van der Waals surface area (Å²) in [4.78, 5) is 23.6. The molecule has 0 atom stereocenters. The normalized spacial score (nSPS) is 10.8. The predicted octanol–water partition coefficient (Wildman–Crippen LogP) is 4.61. The molecule has 0 spiro atoms. The van der Waals surface area contributed by atoms with Crippen LogP contribution in [-0.2, 0) is 11.3 Å². The Morgan fingerprint density at radius 3 is 2.68 bits per heavy atom. The first-order valence-corrected chi connectivity index (χ1v) is 9.75. The molecule has 2 aromatic carbocycles. The van der Waals surface area contributed by atoms with Crippen molar-refractivity contribution in [2.45, 2.75) is 13.5 Å². The molecule has 0 saturated carbocycles. The molecule has 0 bridgehead atoms.